The van der Waals surface area contributed by atoms with Crippen LogP contribution in [0.3, 0.4) is 0 Å². The van der Waals surface area contributed by atoms with Crippen molar-refractivity contribution < 1.29 is 4.79 Å². The van der Waals surface area contributed by atoms with Crippen LogP contribution in [-0.2, 0) is 11.3 Å². The van der Waals surface area contributed by atoms with E-state index in [0.717, 1.165) is 22.7 Å². The normalized spacial score (nSPS) is 12.5. The Morgan fingerprint density at radius 2 is 1.96 bits per heavy atom. The molecule has 0 aliphatic rings. The summed E-state index contributed by atoms with van der Waals surface area (Å²) < 4.78 is 0. The van der Waals surface area contributed by atoms with E-state index in [0.29, 0.717) is 12.2 Å². The molecule has 2 heterocycles. The molecule has 0 aliphatic carbocycles. The van der Waals surface area contributed by atoms with Gasteiger partial charge in [0.1, 0.15) is 0 Å². The molecular weight excluding hydrogens is 344 g/mol. The number of pyridine rings is 1. The van der Waals surface area contributed by atoms with Gasteiger partial charge in [0.25, 0.3) is 0 Å². The molecule has 136 valence electrons. The van der Waals surface area contributed by atoms with Crippen LogP contribution >= 0.6 is 11.8 Å². The van der Waals surface area contributed by atoms with Gasteiger partial charge in [0, 0.05) is 18.8 Å². The van der Waals surface area contributed by atoms with Gasteiger partial charge in [-0.1, -0.05) is 49.0 Å². The first kappa shape index (κ1) is 18.5. The molecule has 1 amide bonds. The number of benzene rings is 1. The Labute approximate surface area is 158 Å². The Hall–Kier alpha value is -2.34. The number of fused-ring (bicyclic) bond motifs is 1. The fourth-order valence-corrected chi connectivity index (χ4v) is 3.78. The highest BCUT2D eigenvalue weighted by Gasteiger charge is 2.27. The van der Waals surface area contributed by atoms with Gasteiger partial charge in [-0.2, -0.15) is 0 Å². The first-order valence-corrected chi connectivity index (χ1v) is 9.78. The minimum absolute atomic E-state index is 0.134. The van der Waals surface area contributed by atoms with Gasteiger partial charge in [0.05, 0.1) is 10.8 Å². The molecule has 26 heavy (non-hydrogen) atoms. The van der Waals surface area contributed by atoms with Crippen LogP contribution in [0, 0.1) is 0 Å². The quantitative estimate of drug-likeness (QED) is 0.633. The summed E-state index contributed by atoms with van der Waals surface area (Å²) in [6.07, 6.45) is 2.46. The summed E-state index contributed by atoms with van der Waals surface area (Å²) in [5.41, 5.74) is 2.71. The van der Waals surface area contributed by atoms with Crippen molar-refractivity contribution in [2.45, 2.75) is 50.2 Å². The number of nitrogens with zero attached hydrogens (tertiary/aromatic N) is 3. The van der Waals surface area contributed by atoms with E-state index >= 15 is 0 Å². The monoisotopic (exact) mass is 368 g/mol. The number of hydrogen-bond donors (Lipinski definition) is 1. The highest BCUT2D eigenvalue weighted by atomic mass is 32.2. The van der Waals surface area contributed by atoms with Crippen LogP contribution in [0.15, 0.2) is 53.8 Å². The number of hydrogen-bond acceptors (Lipinski definition) is 4. The zero-order valence-electron chi connectivity index (χ0n) is 15.3. The van der Waals surface area contributed by atoms with Crippen LogP contribution < -0.4 is 0 Å². The minimum atomic E-state index is -0.179. The second kappa shape index (κ2) is 8.36. The van der Waals surface area contributed by atoms with Crippen LogP contribution in [-0.4, -0.2) is 37.1 Å². The predicted octanol–water partition coefficient (Wildman–Crippen LogP) is 4.27. The molecule has 1 N–H and O–H groups in total. The molecule has 1 aromatic carbocycles. The molecule has 0 saturated carbocycles. The van der Waals surface area contributed by atoms with Crippen LogP contribution in [0.5, 0.6) is 0 Å². The first-order valence-electron chi connectivity index (χ1n) is 8.90. The number of carbonyl (C=O) groups excluding carboxylic acids is 1. The average Bonchev–Trinajstić information content (AvgIpc) is 3.06. The Bertz CT molecular complexity index is 829. The summed E-state index contributed by atoms with van der Waals surface area (Å²) in [6.45, 7) is 6.78. The minimum Gasteiger partial charge on any atom is -0.335 e. The van der Waals surface area contributed by atoms with Gasteiger partial charge < -0.3 is 9.88 Å². The average molecular weight is 369 g/mol. The maximum Gasteiger partial charge on any atom is 0.236 e. The lowest BCUT2D eigenvalue weighted by Gasteiger charge is -2.30. The lowest BCUT2D eigenvalue weighted by atomic mass is 10.1. The number of carbonyl (C=O) groups is 1. The second-order valence-corrected chi connectivity index (χ2v) is 7.67. The number of thioether (sulfide) groups is 1. The first-order chi connectivity index (χ1) is 12.6. The van der Waals surface area contributed by atoms with Crippen LogP contribution in [0.2, 0.25) is 0 Å². The number of amides is 1. The van der Waals surface area contributed by atoms with Crippen molar-refractivity contribution in [3.8, 4) is 0 Å². The molecule has 0 radical (unpaired) electrons. The predicted molar refractivity (Wildman–Crippen MR) is 106 cm³/mol. The third-order valence-electron chi connectivity index (χ3n) is 4.24. The molecule has 0 saturated heterocycles. The van der Waals surface area contributed by atoms with E-state index in [9.17, 15) is 4.79 Å². The van der Waals surface area contributed by atoms with Crippen molar-refractivity contribution in [1.29, 1.82) is 0 Å². The molecule has 0 aliphatic heterocycles. The topological polar surface area (TPSA) is 61.9 Å². The summed E-state index contributed by atoms with van der Waals surface area (Å²) in [5.74, 6) is 0.143. The maximum atomic E-state index is 13.2. The lowest BCUT2D eigenvalue weighted by molar-refractivity contribution is -0.133. The zero-order valence-corrected chi connectivity index (χ0v) is 16.2. The number of H-pyrrole nitrogens is 1. The van der Waals surface area contributed by atoms with Gasteiger partial charge in [-0.25, -0.2) is 9.97 Å². The van der Waals surface area contributed by atoms with Gasteiger partial charge in [-0.15, -0.1) is 0 Å². The molecule has 3 rings (SSSR count). The molecule has 3 aromatic rings. The highest BCUT2D eigenvalue weighted by molar-refractivity contribution is 8.00. The van der Waals surface area contributed by atoms with Crippen molar-refractivity contribution in [3.63, 3.8) is 0 Å². The van der Waals surface area contributed by atoms with Crippen molar-refractivity contribution in [3.05, 3.63) is 54.2 Å². The van der Waals surface area contributed by atoms with Crippen LogP contribution in [0.1, 0.15) is 32.8 Å². The summed E-state index contributed by atoms with van der Waals surface area (Å²) in [7, 11) is 0. The van der Waals surface area contributed by atoms with Crippen molar-refractivity contribution in [2.75, 3.05) is 0 Å². The van der Waals surface area contributed by atoms with Crippen molar-refractivity contribution in [1.82, 2.24) is 19.9 Å². The number of rotatable bonds is 7. The molecule has 0 fully saturated rings. The Morgan fingerprint density at radius 3 is 2.62 bits per heavy atom. The summed E-state index contributed by atoms with van der Waals surface area (Å²) in [6, 6.07) is 14.1. The molecule has 1 atom stereocenters. The van der Waals surface area contributed by atoms with E-state index < -0.39 is 0 Å². The SMILES string of the molecule is CC[C@@H](Sc1nc2ncccc2[nH]1)C(=O)N(Cc1ccccc1)C(C)C. The Balaban J connectivity index is 1.77. The molecule has 2 aromatic heterocycles. The van der Waals surface area contributed by atoms with Crippen molar-refractivity contribution >= 4 is 28.8 Å². The fourth-order valence-electron chi connectivity index (χ4n) is 2.80. The number of imidazole rings is 1. The molecular formula is C20H24N4OS. The lowest BCUT2D eigenvalue weighted by Crippen LogP contribution is -2.41. The second-order valence-electron chi connectivity index (χ2n) is 6.48. The molecule has 5 nitrogen and oxygen atoms in total. The van der Waals surface area contributed by atoms with Gasteiger partial charge in [-0.3, -0.25) is 4.79 Å². The van der Waals surface area contributed by atoms with E-state index in [2.05, 4.69) is 40.9 Å². The van der Waals surface area contributed by atoms with E-state index in [-0.39, 0.29) is 17.2 Å². The largest absolute Gasteiger partial charge is 0.335 e. The Kier molecular flexibility index (Phi) is 5.93. The number of nitrogens with one attached hydrogen (secondary N) is 1. The van der Waals surface area contributed by atoms with E-state index in [1.807, 2.05) is 42.2 Å². The van der Waals surface area contributed by atoms with Gasteiger partial charge in [0.2, 0.25) is 5.91 Å². The smallest absolute Gasteiger partial charge is 0.236 e. The number of aromatic nitrogens is 3. The van der Waals surface area contributed by atoms with Crippen molar-refractivity contribution in [2.24, 2.45) is 0 Å². The fraction of sp³-hybridized carbons (Fsp3) is 0.350. The zero-order chi connectivity index (χ0) is 18.5. The molecule has 0 bridgehead atoms. The molecule has 0 unspecified atom stereocenters. The summed E-state index contributed by atoms with van der Waals surface area (Å²) >= 11 is 1.48. The van der Waals surface area contributed by atoms with Gasteiger partial charge >= 0.3 is 0 Å². The van der Waals surface area contributed by atoms with Crippen LogP contribution in [0.25, 0.3) is 11.2 Å². The maximum absolute atomic E-state index is 13.2. The van der Waals surface area contributed by atoms with Gasteiger partial charge in [0.15, 0.2) is 10.8 Å². The third kappa shape index (κ3) is 4.25. The van der Waals surface area contributed by atoms with E-state index in [1.54, 1.807) is 6.20 Å². The third-order valence-corrected chi connectivity index (χ3v) is 5.47. The van der Waals surface area contributed by atoms with Gasteiger partial charge in [-0.05, 0) is 38.0 Å². The van der Waals surface area contributed by atoms with E-state index in [1.165, 1.54) is 11.8 Å². The highest BCUT2D eigenvalue weighted by Crippen LogP contribution is 2.27. The Morgan fingerprint density at radius 1 is 1.19 bits per heavy atom. The molecule has 6 heteroatoms. The number of aromatic amines is 1. The van der Waals surface area contributed by atoms with Crippen LogP contribution in [0.4, 0.5) is 0 Å². The molecule has 0 spiro atoms. The summed E-state index contributed by atoms with van der Waals surface area (Å²) in [4.78, 5) is 27.1. The van der Waals surface area contributed by atoms with E-state index in [4.69, 9.17) is 0 Å². The summed E-state index contributed by atoms with van der Waals surface area (Å²) in [5, 5.41) is 0.559. The standard InChI is InChI=1S/C20H24N4OS/c1-4-17(26-20-22-16-11-8-12-21-18(16)23-20)19(25)24(14(2)3)13-15-9-6-5-7-10-15/h5-12,14,17H,4,13H2,1-3H3,(H,21,22,23)/t17-/m1/s1.